The average molecular weight is 338 g/mol. The Morgan fingerprint density at radius 3 is 2.64 bits per heavy atom. The summed E-state index contributed by atoms with van der Waals surface area (Å²) >= 11 is 0. The van der Waals surface area contributed by atoms with Crippen LogP contribution < -0.4 is 5.32 Å². The molecule has 0 fully saturated rings. The number of rotatable bonds is 7. The Hall–Kier alpha value is -2.17. The van der Waals surface area contributed by atoms with Crippen molar-refractivity contribution in [3.8, 4) is 0 Å². The smallest absolute Gasteiger partial charge is 0.248 e. The van der Waals surface area contributed by atoms with E-state index in [0.717, 1.165) is 31.6 Å². The second kappa shape index (κ2) is 8.79. The summed E-state index contributed by atoms with van der Waals surface area (Å²) in [6.45, 7) is 5.79. The molecule has 1 heterocycles. The number of hydrogen-bond acceptors (Lipinski definition) is 3. The topological polar surface area (TPSA) is 41.6 Å². The minimum Gasteiger partial charge on any atom is -0.364 e. The number of carbonyl (C=O) groups excluding carboxylic acids is 1. The molecule has 132 valence electrons. The maximum Gasteiger partial charge on any atom is 0.248 e. The lowest BCUT2D eigenvalue weighted by Gasteiger charge is -2.28. The maximum absolute atomic E-state index is 12.1. The number of amides is 1. The molecule has 0 bridgehead atoms. The number of ether oxygens (including phenoxy) is 1. The number of nitrogens with zero attached hydrogens (tertiary/aromatic N) is 1. The summed E-state index contributed by atoms with van der Waals surface area (Å²) in [5.74, 6) is -0.0478. The first-order chi connectivity index (χ1) is 12.2. The second-order valence-corrected chi connectivity index (χ2v) is 6.52. The van der Waals surface area contributed by atoms with Crippen molar-refractivity contribution in [2.75, 3.05) is 19.6 Å². The molecule has 1 aliphatic rings. The van der Waals surface area contributed by atoms with Gasteiger partial charge in [0.2, 0.25) is 5.91 Å². The summed E-state index contributed by atoms with van der Waals surface area (Å²) in [5, 5.41) is 2.98. The molecule has 0 aromatic heterocycles. The van der Waals surface area contributed by atoms with Gasteiger partial charge in [0.05, 0.1) is 6.61 Å². The summed E-state index contributed by atoms with van der Waals surface area (Å²) in [4.78, 5) is 14.5. The van der Waals surface area contributed by atoms with Gasteiger partial charge in [-0.15, -0.1) is 0 Å². The largest absolute Gasteiger partial charge is 0.364 e. The molecule has 1 atom stereocenters. The fourth-order valence-corrected chi connectivity index (χ4v) is 3.10. The van der Waals surface area contributed by atoms with E-state index in [-0.39, 0.29) is 5.91 Å². The summed E-state index contributed by atoms with van der Waals surface area (Å²) in [5.41, 5.74) is 3.93. The summed E-state index contributed by atoms with van der Waals surface area (Å²) in [6, 6.07) is 18.5. The van der Waals surface area contributed by atoms with Crippen LogP contribution in [0.5, 0.6) is 0 Å². The summed E-state index contributed by atoms with van der Waals surface area (Å²) < 4.78 is 5.65. The van der Waals surface area contributed by atoms with Crippen LogP contribution in [0.1, 0.15) is 23.6 Å². The maximum atomic E-state index is 12.1. The van der Waals surface area contributed by atoms with E-state index < -0.39 is 6.10 Å². The Balaban J connectivity index is 1.36. The van der Waals surface area contributed by atoms with Gasteiger partial charge in [0.25, 0.3) is 0 Å². The van der Waals surface area contributed by atoms with Crippen LogP contribution in [0.4, 0.5) is 0 Å². The van der Waals surface area contributed by atoms with Crippen molar-refractivity contribution < 1.29 is 9.53 Å². The fraction of sp³-hybridized carbons (Fsp3) is 0.381. The molecule has 0 saturated heterocycles. The lowest BCUT2D eigenvalue weighted by Crippen LogP contribution is -2.41. The van der Waals surface area contributed by atoms with Gasteiger partial charge >= 0.3 is 0 Å². The predicted molar refractivity (Wildman–Crippen MR) is 99.1 cm³/mol. The molecule has 0 spiro atoms. The van der Waals surface area contributed by atoms with E-state index >= 15 is 0 Å². The summed E-state index contributed by atoms with van der Waals surface area (Å²) in [7, 11) is 0. The van der Waals surface area contributed by atoms with E-state index in [1.54, 1.807) is 6.92 Å². The van der Waals surface area contributed by atoms with Crippen LogP contribution in [0.15, 0.2) is 54.6 Å². The van der Waals surface area contributed by atoms with Gasteiger partial charge in [0.1, 0.15) is 6.10 Å². The van der Waals surface area contributed by atoms with Gasteiger partial charge in [0, 0.05) is 26.2 Å². The van der Waals surface area contributed by atoms with E-state index in [2.05, 4.69) is 34.5 Å². The van der Waals surface area contributed by atoms with Crippen LogP contribution in [0.25, 0.3) is 0 Å². The molecule has 1 aliphatic heterocycles. The molecule has 2 aromatic rings. The van der Waals surface area contributed by atoms with Gasteiger partial charge in [0.15, 0.2) is 0 Å². The molecule has 1 amide bonds. The Morgan fingerprint density at radius 1 is 1.12 bits per heavy atom. The Kier molecular flexibility index (Phi) is 6.20. The highest BCUT2D eigenvalue weighted by Crippen LogP contribution is 2.17. The minimum absolute atomic E-state index is 0.0478. The van der Waals surface area contributed by atoms with Crippen LogP contribution in [-0.4, -0.2) is 36.5 Å². The average Bonchev–Trinajstić information content (AvgIpc) is 2.66. The third kappa shape index (κ3) is 5.15. The van der Waals surface area contributed by atoms with E-state index in [1.807, 2.05) is 30.3 Å². The van der Waals surface area contributed by atoms with Crippen LogP contribution in [-0.2, 0) is 29.1 Å². The van der Waals surface area contributed by atoms with Gasteiger partial charge in [-0.2, -0.15) is 0 Å². The Morgan fingerprint density at radius 2 is 1.84 bits per heavy atom. The number of fused-ring (bicyclic) bond motifs is 1. The highest BCUT2D eigenvalue weighted by molar-refractivity contribution is 5.80. The van der Waals surface area contributed by atoms with Crippen LogP contribution >= 0.6 is 0 Å². The van der Waals surface area contributed by atoms with Crippen molar-refractivity contribution in [1.29, 1.82) is 0 Å². The van der Waals surface area contributed by atoms with E-state index in [9.17, 15) is 4.79 Å². The first-order valence-corrected chi connectivity index (χ1v) is 8.95. The minimum atomic E-state index is -0.442. The molecule has 0 saturated carbocycles. The van der Waals surface area contributed by atoms with Gasteiger partial charge in [-0.25, -0.2) is 0 Å². The predicted octanol–water partition coefficient (Wildman–Crippen LogP) is 2.77. The van der Waals surface area contributed by atoms with E-state index in [4.69, 9.17) is 4.74 Å². The normalized spacial score (nSPS) is 15.4. The molecule has 0 unspecified atom stereocenters. The lowest BCUT2D eigenvalue weighted by molar-refractivity contribution is -0.132. The van der Waals surface area contributed by atoms with Crippen molar-refractivity contribution in [2.45, 2.75) is 32.6 Å². The molecule has 2 aromatic carbocycles. The number of hydrogen-bond donors (Lipinski definition) is 1. The molecule has 25 heavy (non-hydrogen) atoms. The van der Waals surface area contributed by atoms with Gasteiger partial charge in [-0.1, -0.05) is 54.6 Å². The Bertz CT molecular complexity index is 687. The van der Waals surface area contributed by atoms with Gasteiger partial charge < -0.3 is 10.1 Å². The quantitative estimate of drug-likeness (QED) is 0.844. The third-order valence-electron chi connectivity index (χ3n) is 4.65. The monoisotopic (exact) mass is 338 g/mol. The second-order valence-electron chi connectivity index (χ2n) is 6.52. The first-order valence-electron chi connectivity index (χ1n) is 8.95. The van der Waals surface area contributed by atoms with Crippen molar-refractivity contribution in [3.05, 3.63) is 71.3 Å². The highest BCUT2D eigenvalue weighted by Gasteiger charge is 2.17. The van der Waals surface area contributed by atoms with Crippen LogP contribution in [0.3, 0.4) is 0 Å². The molecule has 4 heteroatoms. The number of carbonyl (C=O) groups is 1. The van der Waals surface area contributed by atoms with Gasteiger partial charge in [-0.05, 0) is 30.0 Å². The summed E-state index contributed by atoms with van der Waals surface area (Å²) in [6.07, 6.45) is 0.642. The zero-order chi connectivity index (χ0) is 17.5. The van der Waals surface area contributed by atoms with Crippen molar-refractivity contribution in [2.24, 2.45) is 0 Å². The van der Waals surface area contributed by atoms with Gasteiger partial charge in [-0.3, -0.25) is 9.69 Å². The van der Waals surface area contributed by atoms with E-state index in [0.29, 0.717) is 13.2 Å². The number of benzene rings is 2. The molecular weight excluding hydrogens is 312 g/mol. The molecule has 0 aliphatic carbocycles. The molecule has 0 radical (unpaired) electrons. The zero-order valence-electron chi connectivity index (χ0n) is 14.8. The van der Waals surface area contributed by atoms with Crippen molar-refractivity contribution in [3.63, 3.8) is 0 Å². The standard InChI is InChI=1S/C21H26N2O2/c1-17(25-16-18-7-3-2-4-8-18)21(24)22-12-14-23-13-11-19-9-5-6-10-20(19)15-23/h2-10,17H,11-16H2,1H3,(H,22,24)/t17-/m1/s1. The van der Waals surface area contributed by atoms with Crippen LogP contribution in [0.2, 0.25) is 0 Å². The number of nitrogens with one attached hydrogen (secondary N) is 1. The molecular formula is C21H26N2O2. The fourth-order valence-electron chi connectivity index (χ4n) is 3.10. The van der Waals surface area contributed by atoms with E-state index in [1.165, 1.54) is 11.1 Å². The molecule has 4 nitrogen and oxygen atoms in total. The Labute approximate surface area is 149 Å². The highest BCUT2D eigenvalue weighted by atomic mass is 16.5. The van der Waals surface area contributed by atoms with Crippen molar-refractivity contribution in [1.82, 2.24) is 10.2 Å². The SMILES string of the molecule is C[C@@H](OCc1ccccc1)C(=O)NCCN1CCc2ccccc2C1. The lowest BCUT2D eigenvalue weighted by atomic mass is 10.00. The first kappa shape index (κ1) is 17.6. The molecule has 3 rings (SSSR count). The van der Waals surface area contributed by atoms with Crippen LogP contribution in [0, 0.1) is 0 Å². The van der Waals surface area contributed by atoms with Crippen molar-refractivity contribution >= 4 is 5.91 Å². The zero-order valence-corrected chi connectivity index (χ0v) is 14.8. The third-order valence-corrected chi connectivity index (χ3v) is 4.65. The molecule has 1 N–H and O–H groups in total.